The van der Waals surface area contributed by atoms with E-state index in [1.165, 1.54) is 0 Å². The van der Waals surface area contributed by atoms with Gasteiger partial charge in [0.1, 0.15) is 0 Å². The van der Waals surface area contributed by atoms with Gasteiger partial charge in [-0.15, -0.1) is 0 Å². The van der Waals surface area contributed by atoms with Gasteiger partial charge in [0, 0.05) is 23.0 Å². The van der Waals surface area contributed by atoms with Crippen molar-refractivity contribution in [2.24, 2.45) is 0 Å². The highest BCUT2D eigenvalue weighted by Gasteiger charge is 2.12. The van der Waals surface area contributed by atoms with E-state index < -0.39 is 0 Å². The molecule has 0 atom stereocenters. The smallest absolute Gasteiger partial charge is 0.185 e. The Kier molecular flexibility index (Phi) is 3.44. The van der Waals surface area contributed by atoms with Gasteiger partial charge >= 0.3 is 0 Å². The van der Waals surface area contributed by atoms with Gasteiger partial charge in [-0.1, -0.05) is 48.5 Å². The molecule has 1 heterocycles. The molecule has 0 aliphatic carbocycles. The van der Waals surface area contributed by atoms with Gasteiger partial charge in [0.05, 0.1) is 5.69 Å². The number of para-hydroxylation sites is 1. The van der Waals surface area contributed by atoms with E-state index >= 15 is 0 Å². The van der Waals surface area contributed by atoms with Crippen LogP contribution in [0.4, 0.5) is 0 Å². The Morgan fingerprint density at radius 1 is 0.810 bits per heavy atom. The Morgan fingerprint density at radius 2 is 1.38 bits per heavy atom. The van der Waals surface area contributed by atoms with Crippen molar-refractivity contribution in [1.29, 1.82) is 0 Å². The Hall–Kier alpha value is -2.61. The summed E-state index contributed by atoms with van der Waals surface area (Å²) in [5.74, 6) is 0. The molecule has 21 heavy (non-hydrogen) atoms. The summed E-state index contributed by atoms with van der Waals surface area (Å²) in [7, 11) is 0. The van der Waals surface area contributed by atoms with Crippen LogP contribution in [0.1, 0.15) is 11.3 Å². The molecular formula is C19H17NO. The summed E-state index contributed by atoms with van der Waals surface area (Å²) < 4.78 is 2.14. The minimum atomic E-state index is 0.0820. The number of aromatic nitrogens is 1. The van der Waals surface area contributed by atoms with Crippen LogP contribution in [0, 0.1) is 13.8 Å². The number of hydrogen-bond donors (Lipinski definition) is 0. The summed E-state index contributed by atoms with van der Waals surface area (Å²) in [6.45, 7) is 3.88. The summed E-state index contributed by atoms with van der Waals surface area (Å²) >= 11 is 0. The zero-order valence-corrected chi connectivity index (χ0v) is 12.2. The molecule has 1 aromatic heterocycles. The van der Waals surface area contributed by atoms with Crippen LogP contribution in [0.2, 0.25) is 0 Å². The predicted molar refractivity (Wildman–Crippen MR) is 86.9 cm³/mol. The molecule has 0 aliphatic rings. The van der Waals surface area contributed by atoms with Gasteiger partial charge < -0.3 is 4.57 Å². The molecule has 0 saturated carbocycles. The van der Waals surface area contributed by atoms with Crippen molar-refractivity contribution >= 4 is 0 Å². The zero-order valence-electron chi connectivity index (χ0n) is 12.2. The number of benzene rings is 2. The monoisotopic (exact) mass is 275 g/mol. The number of hydrogen-bond acceptors (Lipinski definition) is 1. The van der Waals surface area contributed by atoms with Gasteiger partial charge in [0.2, 0.25) is 0 Å². The Bertz CT molecular complexity index is 817. The first-order valence-corrected chi connectivity index (χ1v) is 7.02. The maximum atomic E-state index is 12.2. The maximum absolute atomic E-state index is 12.2. The molecule has 0 saturated heterocycles. The quantitative estimate of drug-likeness (QED) is 0.689. The second kappa shape index (κ2) is 5.41. The van der Waals surface area contributed by atoms with E-state index in [2.05, 4.69) is 16.7 Å². The Morgan fingerprint density at radius 3 is 2.00 bits per heavy atom. The number of pyridine rings is 1. The van der Waals surface area contributed by atoms with Crippen molar-refractivity contribution in [1.82, 2.24) is 4.57 Å². The first-order valence-electron chi connectivity index (χ1n) is 7.02. The molecular weight excluding hydrogens is 258 g/mol. The molecule has 0 aliphatic heterocycles. The van der Waals surface area contributed by atoms with Crippen molar-refractivity contribution in [2.75, 3.05) is 0 Å². The lowest BCUT2D eigenvalue weighted by Crippen LogP contribution is -2.15. The first kappa shape index (κ1) is 13.4. The fourth-order valence-electron chi connectivity index (χ4n) is 2.55. The normalized spacial score (nSPS) is 10.6. The third-order valence-electron chi connectivity index (χ3n) is 3.84. The molecule has 0 bridgehead atoms. The van der Waals surface area contributed by atoms with Gasteiger partial charge in [-0.25, -0.2) is 0 Å². The summed E-state index contributed by atoms with van der Waals surface area (Å²) in [6.07, 6.45) is 0. The molecule has 0 radical (unpaired) electrons. The summed E-state index contributed by atoms with van der Waals surface area (Å²) in [4.78, 5) is 12.2. The van der Waals surface area contributed by atoms with E-state index in [4.69, 9.17) is 0 Å². The van der Waals surface area contributed by atoms with E-state index in [0.717, 1.165) is 28.2 Å². The topological polar surface area (TPSA) is 22.0 Å². The third-order valence-corrected chi connectivity index (χ3v) is 3.84. The molecule has 0 amide bonds. The molecule has 2 aromatic carbocycles. The molecule has 0 unspecified atom stereocenters. The Balaban J connectivity index is 2.37. The SMILES string of the molecule is Cc1c(C)n(-c2ccccc2)c(-c2ccccc2)cc1=O. The molecule has 0 fully saturated rings. The molecule has 3 aromatic rings. The highest BCUT2D eigenvalue weighted by Crippen LogP contribution is 2.24. The fraction of sp³-hybridized carbons (Fsp3) is 0.105. The lowest BCUT2D eigenvalue weighted by Gasteiger charge is -2.18. The lowest BCUT2D eigenvalue weighted by atomic mass is 10.1. The summed E-state index contributed by atoms with van der Waals surface area (Å²) in [5, 5.41) is 0. The molecule has 2 nitrogen and oxygen atoms in total. The molecule has 2 heteroatoms. The van der Waals surface area contributed by atoms with E-state index in [1.54, 1.807) is 6.07 Å². The van der Waals surface area contributed by atoms with Gasteiger partial charge in [-0.2, -0.15) is 0 Å². The van der Waals surface area contributed by atoms with Gasteiger partial charge in [-0.05, 0) is 31.5 Å². The van der Waals surface area contributed by atoms with Crippen LogP contribution < -0.4 is 5.43 Å². The van der Waals surface area contributed by atoms with Gasteiger partial charge in [-0.3, -0.25) is 4.79 Å². The van der Waals surface area contributed by atoms with Crippen LogP contribution in [-0.4, -0.2) is 4.57 Å². The lowest BCUT2D eigenvalue weighted by molar-refractivity contribution is 0.961. The minimum absolute atomic E-state index is 0.0820. The first-order chi connectivity index (χ1) is 10.2. The molecule has 3 rings (SSSR count). The predicted octanol–water partition coefficient (Wildman–Crippen LogP) is 4.12. The van der Waals surface area contributed by atoms with Crippen LogP contribution in [0.5, 0.6) is 0 Å². The van der Waals surface area contributed by atoms with Gasteiger partial charge in [0.15, 0.2) is 5.43 Å². The van der Waals surface area contributed by atoms with Crippen LogP contribution in [0.3, 0.4) is 0 Å². The van der Waals surface area contributed by atoms with Crippen molar-refractivity contribution < 1.29 is 0 Å². The van der Waals surface area contributed by atoms with Crippen LogP contribution in [-0.2, 0) is 0 Å². The van der Waals surface area contributed by atoms with Crippen molar-refractivity contribution in [3.63, 3.8) is 0 Å². The second-order valence-electron chi connectivity index (χ2n) is 5.14. The van der Waals surface area contributed by atoms with Crippen LogP contribution in [0.25, 0.3) is 16.9 Å². The summed E-state index contributed by atoms with van der Waals surface area (Å²) in [5.41, 5.74) is 4.89. The van der Waals surface area contributed by atoms with Crippen molar-refractivity contribution in [2.45, 2.75) is 13.8 Å². The second-order valence-corrected chi connectivity index (χ2v) is 5.14. The number of nitrogens with zero attached hydrogens (tertiary/aromatic N) is 1. The molecule has 0 N–H and O–H groups in total. The molecule has 0 spiro atoms. The third kappa shape index (κ3) is 2.40. The Labute approximate surface area is 124 Å². The maximum Gasteiger partial charge on any atom is 0.185 e. The molecule has 104 valence electrons. The highest BCUT2D eigenvalue weighted by atomic mass is 16.1. The zero-order chi connectivity index (χ0) is 14.8. The highest BCUT2D eigenvalue weighted by molar-refractivity contribution is 5.63. The standard InChI is InChI=1S/C19H17NO/c1-14-15(2)20(17-11-7-4-8-12-17)18(13-19(14)21)16-9-5-3-6-10-16/h3-13H,1-2H3. The largest absolute Gasteiger partial charge is 0.313 e. The summed E-state index contributed by atoms with van der Waals surface area (Å²) in [6, 6.07) is 21.9. The average molecular weight is 275 g/mol. The van der Waals surface area contributed by atoms with Crippen molar-refractivity contribution in [3.8, 4) is 16.9 Å². The van der Waals surface area contributed by atoms with Crippen molar-refractivity contribution in [3.05, 3.63) is 88.2 Å². The van der Waals surface area contributed by atoms with E-state index in [0.29, 0.717) is 0 Å². The van der Waals surface area contributed by atoms with Crippen LogP contribution in [0.15, 0.2) is 71.5 Å². The van der Waals surface area contributed by atoms with E-state index in [-0.39, 0.29) is 5.43 Å². The van der Waals surface area contributed by atoms with E-state index in [9.17, 15) is 4.79 Å². The minimum Gasteiger partial charge on any atom is -0.313 e. The van der Waals surface area contributed by atoms with Crippen LogP contribution >= 0.6 is 0 Å². The average Bonchev–Trinajstić information content (AvgIpc) is 2.54. The fourth-order valence-corrected chi connectivity index (χ4v) is 2.55. The number of rotatable bonds is 2. The van der Waals surface area contributed by atoms with Gasteiger partial charge in [0.25, 0.3) is 0 Å². The van der Waals surface area contributed by atoms with E-state index in [1.807, 2.05) is 62.4 Å².